The number of para-hydroxylation sites is 2. The molecular formula is C90H53N3. The maximum absolute atomic E-state index is 5.70. The quantitative estimate of drug-likeness (QED) is 0.161. The third kappa shape index (κ3) is 6.72. The van der Waals surface area contributed by atoms with E-state index in [0.29, 0.717) is 0 Å². The van der Waals surface area contributed by atoms with Gasteiger partial charge in [-0.25, -0.2) is 4.98 Å². The van der Waals surface area contributed by atoms with Crippen molar-refractivity contribution in [1.82, 2.24) is 14.5 Å². The molecule has 0 saturated carbocycles. The molecule has 0 N–H and O–H groups in total. The largest absolute Gasteiger partial charge is 0.309 e. The fourth-order valence-electron chi connectivity index (χ4n) is 17.6. The van der Waals surface area contributed by atoms with Crippen molar-refractivity contribution in [1.29, 1.82) is 0 Å². The number of nitrogens with zero attached hydrogens (tertiary/aromatic N) is 3. The molecule has 3 nitrogen and oxygen atoms in total. The molecule has 4 aliphatic carbocycles. The highest BCUT2D eigenvalue weighted by Gasteiger charge is 2.53. The van der Waals surface area contributed by atoms with Crippen molar-refractivity contribution in [2.24, 2.45) is 0 Å². The smallest absolute Gasteiger partial charge is 0.0979 e. The molecule has 428 valence electrons. The van der Waals surface area contributed by atoms with E-state index in [4.69, 9.17) is 9.97 Å². The summed E-state index contributed by atoms with van der Waals surface area (Å²) in [6.07, 6.45) is 1.98. The van der Waals surface area contributed by atoms with E-state index in [9.17, 15) is 0 Å². The lowest BCUT2D eigenvalue weighted by atomic mass is 9.70. The van der Waals surface area contributed by atoms with Crippen LogP contribution >= 0.6 is 0 Å². The molecule has 2 aromatic heterocycles. The first-order chi connectivity index (χ1) is 46.1. The second-order valence-electron chi connectivity index (χ2n) is 25.8. The van der Waals surface area contributed by atoms with Crippen LogP contribution in [0.25, 0.3) is 149 Å². The van der Waals surface area contributed by atoms with Crippen LogP contribution in [-0.2, 0) is 10.8 Å². The van der Waals surface area contributed by atoms with E-state index in [-0.39, 0.29) is 0 Å². The van der Waals surface area contributed by atoms with Crippen molar-refractivity contribution in [3.05, 3.63) is 366 Å². The Morgan fingerprint density at radius 3 is 1.12 bits per heavy atom. The van der Waals surface area contributed by atoms with Crippen LogP contribution in [0.15, 0.2) is 322 Å². The minimum atomic E-state index is -0.457. The molecule has 0 fully saturated rings. The van der Waals surface area contributed by atoms with Gasteiger partial charge in [0.05, 0.1) is 44.8 Å². The Hall–Kier alpha value is -12.0. The van der Waals surface area contributed by atoms with Gasteiger partial charge in [0.25, 0.3) is 0 Å². The van der Waals surface area contributed by atoms with E-state index < -0.39 is 10.8 Å². The highest BCUT2D eigenvalue weighted by molar-refractivity contribution is 6.24. The van der Waals surface area contributed by atoms with Crippen molar-refractivity contribution < 1.29 is 0 Å². The number of rotatable bonds is 5. The number of fused-ring (bicyclic) bond motifs is 29. The highest BCUT2D eigenvalue weighted by atomic mass is 15.0. The normalized spacial score (nSPS) is 13.8. The standard InChI is InChI=1S/C90H53N3/c1-2-21-61(22-3-1)93-85-36-17-10-29-70(85)75-50-57(41-46-86(75)93)54-19-18-20-60(47-54)84-53-91-87-71-44-39-55(58-37-42-68-66-27-8-15-34-80(66)89(82(68)51-58)76-30-11-4-23-62(76)63-24-5-12-31-77(63)89)48-73(71)74-49-56(40-45-72(74)88(87)92-84)59-38-43-69-67-28-9-16-35-81(67)90(83(69)52-59)78-32-13-6-25-64(78)65-26-7-14-33-79(65)90/h1-53H. The van der Waals surface area contributed by atoms with Crippen LogP contribution in [0.5, 0.6) is 0 Å². The Bertz CT molecular complexity index is 6020. The fraction of sp³-hybridized carbons (Fsp3) is 0.0222. The van der Waals surface area contributed by atoms with Gasteiger partial charge in [0.2, 0.25) is 0 Å². The molecular weight excluding hydrogens is 1120 g/mol. The van der Waals surface area contributed by atoms with E-state index in [1.807, 2.05) is 6.20 Å². The summed E-state index contributed by atoms with van der Waals surface area (Å²) in [6, 6.07) is 118. The molecule has 17 aromatic rings. The predicted molar refractivity (Wildman–Crippen MR) is 383 cm³/mol. The average molecular weight is 1180 g/mol. The maximum atomic E-state index is 5.70. The SMILES string of the molecule is c1ccc(-n2c3ccccc3c3cc(-c4cccc(-c5cnc6c7ccc(-c8ccc9c(c8)C8(c%10ccccc%10-c%10ccccc%108)c8ccccc8-9)cc7c7cc(-c8ccc9c(c8)C8(c%10ccccc%10-c%10ccccc%108)c8ccccc8-9)ccc7c6n5)c4)ccc32)cc1. The Morgan fingerprint density at radius 1 is 0.226 bits per heavy atom. The second-order valence-corrected chi connectivity index (χ2v) is 25.8. The van der Waals surface area contributed by atoms with Gasteiger partial charge in [-0.05, 0) is 194 Å². The fourth-order valence-corrected chi connectivity index (χ4v) is 17.6. The molecule has 0 atom stereocenters. The van der Waals surface area contributed by atoms with Gasteiger partial charge in [0, 0.05) is 32.8 Å². The van der Waals surface area contributed by atoms with Gasteiger partial charge >= 0.3 is 0 Å². The first-order valence-electron chi connectivity index (χ1n) is 32.4. The molecule has 0 unspecified atom stereocenters. The van der Waals surface area contributed by atoms with Crippen LogP contribution in [-0.4, -0.2) is 14.5 Å². The predicted octanol–water partition coefficient (Wildman–Crippen LogP) is 22.4. The number of benzene rings is 15. The summed E-state index contributed by atoms with van der Waals surface area (Å²) in [5.41, 5.74) is 34.3. The minimum Gasteiger partial charge on any atom is -0.309 e. The molecule has 2 heterocycles. The molecule has 4 aliphatic rings. The van der Waals surface area contributed by atoms with E-state index in [2.05, 4.69) is 320 Å². The summed E-state index contributed by atoms with van der Waals surface area (Å²) in [4.78, 5) is 11.2. The zero-order valence-corrected chi connectivity index (χ0v) is 50.4. The number of hydrogen-bond acceptors (Lipinski definition) is 2. The molecule has 2 spiro atoms. The van der Waals surface area contributed by atoms with Crippen molar-refractivity contribution in [3.63, 3.8) is 0 Å². The molecule has 0 aliphatic heterocycles. The van der Waals surface area contributed by atoms with Gasteiger partial charge in [0.15, 0.2) is 0 Å². The van der Waals surface area contributed by atoms with Gasteiger partial charge in [-0.15, -0.1) is 0 Å². The highest BCUT2D eigenvalue weighted by Crippen LogP contribution is 2.65. The molecule has 0 saturated heterocycles. The third-order valence-electron chi connectivity index (χ3n) is 21.5. The Kier molecular flexibility index (Phi) is 10.3. The zero-order valence-electron chi connectivity index (χ0n) is 50.4. The Morgan fingerprint density at radius 2 is 0.602 bits per heavy atom. The van der Waals surface area contributed by atoms with Crippen LogP contribution < -0.4 is 0 Å². The van der Waals surface area contributed by atoms with Crippen LogP contribution in [0.2, 0.25) is 0 Å². The van der Waals surface area contributed by atoms with E-state index in [1.165, 1.54) is 122 Å². The molecule has 93 heavy (non-hydrogen) atoms. The van der Waals surface area contributed by atoms with Gasteiger partial charge in [0.1, 0.15) is 0 Å². The average Bonchev–Trinajstić information content (AvgIpc) is 1.52. The number of hydrogen-bond donors (Lipinski definition) is 0. The Labute approximate surface area is 537 Å². The third-order valence-corrected chi connectivity index (χ3v) is 21.5. The van der Waals surface area contributed by atoms with Gasteiger partial charge in [-0.3, -0.25) is 4.98 Å². The van der Waals surface area contributed by atoms with Crippen LogP contribution in [0.4, 0.5) is 0 Å². The lowest BCUT2D eigenvalue weighted by Crippen LogP contribution is -2.25. The van der Waals surface area contributed by atoms with Crippen LogP contribution in [0, 0.1) is 0 Å². The zero-order chi connectivity index (χ0) is 60.7. The first kappa shape index (κ1) is 50.8. The molecule has 0 radical (unpaired) electrons. The Balaban J connectivity index is 0.756. The minimum absolute atomic E-state index is 0.452. The van der Waals surface area contributed by atoms with E-state index in [1.54, 1.807) is 0 Å². The van der Waals surface area contributed by atoms with Gasteiger partial charge < -0.3 is 4.57 Å². The summed E-state index contributed by atoms with van der Waals surface area (Å²) in [5, 5.41) is 6.87. The monoisotopic (exact) mass is 1180 g/mol. The van der Waals surface area contributed by atoms with Crippen molar-refractivity contribution >= 4 is 54.4 Å². The maximum Gasteiger partial charge on any atom is 0.0979 e. The topological polar surface area (TPSA) is 30.7 Å². The van der Waals surface area contributed by atoms with Crippen molar-refractivity contribution in [3.8, 4) is 94.8 Å². The van der Waals surface area contributed by atoms with E-state index >= 15 is 0 Å². The summed E-state index contributed by atoms with van der Waals surface area (Å²) in [7, 11) is 0. The molecule has 15 aromatic carbocycles. The lowest BCUT2D eigenvalue weighted by molar-refractivity contribution is 0.794. The van der Waals surface area contributed by atoms with E-state index in [0.717, 1.165) is 71.8 Å². The first-order valence-corrected chi connectivity index (χ1v) is 32.4. The lowest BCUT2D eigenvalue weighted by Gasteiger charge is -2.30. The summed E-state index contributed by atoms with van der Waals surface area (Å²) >= 11 is 0. The van der Waals surface area contributed by atoms with Crippen molar-refractivity contribution in [2.75, 3.05) is 0 Å². The molecule has 3 heteroatoms. The number of aromatic nitrogens is 3. The van der Waals surface area contributed by atoms with Gasteiger partial charge in [-0.1, -0.05) is 255 Å². The molecule has 21 rings (SSSR count). The van der Waals surface area contributed by atoms with Crippen LogP contribution in [0.1, 0.15) is 44.5 Å². The van der Waals surface area contributed by atoms with Crippen molar-refractivity contribution in [2.45, 2.75) is 10.8 Å². The summed E-state index contributed by atoms with van der Waals surface area (Å²) in [6.45, 7) is 0. The van der Waals surface area contributed by atoms with Gasteiger partial charge in [-0.2, -0.15) is 0 Å². The molecule has 0 amide bonds. The summed E-state index contributed by atoms with van der Waals surface area (Å²) < 4.78 is 2.37. The summed E-state index contributed by atoms with van der Waals surface area (Å²) in [5.74, 6) is 0. The molecule has 0 bridgehead atoms. The van der Waals surface area contributed by atoms with Crippen LogP contribution in [0.3, 0.4) is 0 Å². The second kappa shape index (κ2) is 18.8.